The normalized spacial score (nSPS) is 30.5. The van der Waals surface area contributed by atoms with E-state index < -0.39 is 93.5 Å². The molecule has 3 N–H and O–H groups in total. The molecule has 2 saturated carbocycles. The number of halogens is 2. The van der Waals surface area contributed by atoms with E-state index in [1.54, 1.807) is 13.8 Å². The summed E-state index contributed by atoms with van der Waals surface area (Å²) in [4.78, 5) is 57.8. The number of ether oxygens (including phenoxy) is 1. The molecule has 1 saturated heterocycles. The Balaban J connectivity index is 1.27. The van der Waals surface area contributed by atoms with Crippen LogP contribution in [0.5, 0.6) is 0 Å². The molecule has 0 spiro atoms. The number of benzene rings is 1. The summed E-state index contributed by atoms with van der Waals surface area (Å²) < 4.78 is 63.3. The second-order valence-corrected chi connectivity index (χ2v) is 16.5. The van der Waals surface area contributed by atoms with E-state index in [1.807, 2.05) is 30.4 Å². The zero-order valence-corrected chi connectivity index (χ0v) is 29.1. The second kappa shape index (κ2) is 13.7. The lowest BCUT2D eigenvalue weighted by Gasteiger charge is -2.32. The van der Waals surface area contributed by atoms with Crippen LogP contribution < -0.4 is 15.4 Å². The molecule has 3 heterocycles. The monoisotopic (exact) mass is 717 g/mol. The van der Waals surface area contributed by atoms with Gasteiger partial charge in [-0.3, -0.25) is 29.3 Å². The largest absolute Gasteiger partial charge is 0.444 e. The van der Waals surface area contributed by atoms with Gasteiger partial charge in [0.25, 0.3) is 11.8 Å². The molecular weight excluding hydrogens is 672 g/mol. The Morgan fingerprint density at radius 1 is 1.18 bits per heavy atom. The number of nitrogens with zero attached hydrogens (tertiary/aromatic N) is 2. The third kappa shape index (κ3) is 7.43. The predicted octanol–water partition coefficient (Wildman–Crippen LogP) is 3.22. The summed E-state index contributed by atoms with van der Waals surface area (Å²) >= 11 is 0. The van der Waals surface area contributed by atoms with Crippen LogP contribution in [0, 0.1) is 11.8 Å². The standard InChI is InChI=1S/C35H45F2N5O7S/c1-4-24-16-35(24,32(45)40-50(47,48)26-12-13-26)39-30(43)28-15-25-18-42(28)31(44)29(21(2)3)38-20-34(36,37)14-7-5-6-9-22-10-8-11-23-17-41(19-27(22)23)33(46)49-25/h4,6,8-11,21,24-26,28-29,38H,1,5,7,12-20H2,2-3H3,(H,39,43)(H,40,45)/b9-6+/t24-,25-,28+,29+,35?/m1/s1. The van der Waals surface area contributed by atoms with Crippen LogP contribution in [0.25, 0.3) is 6.08 Å². The Morgan fingerprint density at radius 2 is 1.94 bits per heavy atom. The Hall–Kier alpha value is -3.85. The van der Waals surface area contributed by atoms with Gasteiger partial charge in [-0.1, -0.05) is 50.3 Å². The van der Waals surface area contributed by atoms with Gasteiger partial charge in [0.05, 0.1) is 30.9 Å². The number of fused-ring (bicyclic) bond motifs is 3. The molecule has 12 nitrogen and oxygen atoms in total. The van der Waals surface area contributed by atoms with Crippen LogP contribution in [0.15, 0.2) is 36.9 Å². The van der Waals surface area contributed by atoms with E-state index in [0.29, 0.717) is 25.8 Å². The molecule has 0 aromatic heterocycles. The van der Waals surface area contributed by atoms with Gasteiger partial charge in [-0.25, -0.2) is 22.0 Å². The number of allylic oxidation sites excluding steroid dienone is 1. The first-order valence-corrected chi connectivity index (χ1v) is 18.8. The number of sulfonamides is 1. The molecular formula is C35H45F2N5O7S. The molecule has 1 aromatic rings. The number of amides is 4. The average Bonchev–Trinajstić information content (AvgIpc) is 3.94. The molecule has 2 aliphatic carbocycles. The Morgan fingerprint density at radius 3 is 2.62 bits per heavy atom. The van der Waals surface area contributed by atoms with Crippen molar-refractivity contribution in [3.8, 4) is 0 Å². The van der Waals surface area contributed by atoms with E-state index in [9.17, 15) is 27.6 Å². The highest BCUT2D eigenvalue weighted by Crippen LogP contribution is 2.45. The second-order valence-electron chi connectivity index (χ2n) is 14.5. The Bertz CT molecular complexity index is 1700. The van der Waals surface area contributed by atoms with Gasteiger partial charge in [0.2, 0.25) is 21.8 Å². The molecule has 4 bridgehead atoms. The van der Waals surface area contributed by atoms with E-state index >= 15 is 8.78 Å². The quantitative estimate of drug-likeness (QED) is 0.364. The van der Waals surface area contributed by atoms with Crippen molar-refractivity contribution in [1.29, 1.82) is 0 Å². The van der Waals surface area contributed by atoms with Crippen molar-refractivity contribution < 1.29 is 41.1 Å². The molecule has 1 aromatic carbocycles. The molecule has 3 fully saturated rings. The summed E-state index contributed by atoms with van der Waals surface area (Å²) in [5, 5.41) is 4.77. The highest BCUT2D eigenvalue weighted by molar-refractivity contribution is 7.91. The van der Waals surface area contributed by atoms with Gasteiger partial charge in [-0.05, 0) is 54.7 Å². The fourth-order valence-electron chi connectivity index (χ4n) is 7.17. The lowest BCUT2D eigenvalue weighted by Crippen LogP contribution is -2.59. The van der Waals surface area contributed by atoms with Gasteiger partial charge >= 0.3 is 6.09 Å². The van der Waals surface area contributed by atoms with Crippen molar-refractivity contribution in [2.45, 2.75) is 107 Å². The van der Waals surface area contributed by atoms with Gasteiger partial charge in [0, 0.05) is 25.3 Å². The third-order valence-corrected chi connectivity index (χ3v) is 12.2. The van der Waals surface area contributed by atoms with E-state index in [2.05, 4.69) is 21.9 Å². The van der Waals surface area contributed by atoms with Crippen LogP contribution >= 0.6 is 0 Å². The lowest BCUT2D eigenvalue weighted by molar-refractivity contribution is -0.142. The van der Waals surface area contributed by atoms with Crippen molar-refractivity contribution in [2.24, 2.45) is 11.8 Å². The third-order valence-electron chi connectivity index (χ3n) is 10.4. The van der Waals surface area contributed by atoms with E-state index in [4.69, 9.17) is 4.74 Å². The first kappa shape index (κ1) is 36.0. The van der Waals surface area contributed by atoms with Crippen molar-refractivity contribution in [3.63, 3.8) is 0 Å². The molecule has 3 aliphatic heterocycles. The summed E-state index contributed by atoms with van der Waals surface area (Å²) in [6, 6.07) is 3.36. The first-order chi connectivity index (χ1) is 23.6. The maximum Gasteiger partial charge on any atom is 0.410 e. The van der Waals surface area contributed by atoms with Crippen molar-refractivity contribution in [1.82, 2.24) is 25.2 Å². The van der Waals surface area contributed by atoms with E-state index in [1.165, 1.54) is 15.9 Å². The maximum atomic E-state index is 15.1. The van der Waals surface area contributed by atoms with Crippen molar-refractivity contribution in [3.05, 3.63) is 53.6 Å². The fraction of sp³-hybridized carbons (Fsp3) is 0.600. The number of rotatable bonds is 7. The molecule has 5 atom stereocenters. The van der Waals surface area contributed by atoms with Gasteiger partial charge in [0.15, 0.2) is 0 Å². The SMILES string of the molecule is C=C[C@@H]1CC1(NC(=O)[C@@H]1C[C@@H]2CN1C(=O)[C@H](C(C)C)NCC(F)(F)CCC/C=C/c1cccc3c1CN(C3)C(=O)O2)C(=O)NS(=O)(=O)C1CC1. The first-order valence-electron chi connectivity index (χ1n) is 17.3. The number of hydrogen-bond acceptors (Lipinski definition) is 8. The summed E-state index contributed by atoms with van der Waals surface area (Å²) in [7, 11) is -3.92. The number of carbonyl (C=O) groups excluding carboxylic acids is 4. The minimum atomic E-state index is -3.92. The van der Waals surface area contributed by atoms with Crippen LogP contribution in [0.2, 0.25) is 0 Å². The van der Waals surface area contributed by atoms with Gasteiger partial charge < -0.3 is 15.0 Å². The smallest absolute Gasteiger partial charge is 0.410 e. The van der Waals surface area contributed by atoms with Gasteiger partial charge in [-0.2, -0.15) is 0 Å². The van der Waals surface area contributed by atoms with E-state index in [-0.39, 0.29) is 32.4 Å². The number of carbonyl (C=O) groups is 4. The zero-order chi connectivity index (χ0) is 36.0. The Labute approximate surface area is 291 Å². The number of hydrogen-bond donors (Lipinski definition) is 3. The van der Waals surface area contributed by atoms with Crippen molar-refractivity contribution in [2.75, 3.05) is 13.1 Å². The predicted molar refractivity (Wildman–Crippen MR) is 180 cm³/mol. The maximum absolute atomic E-state index is 15.1. The van der Waals surface area contributed by atoms with Gasteiger partial charge in [0.1, 0.15) is 17.7 Å². The minimum absolute atomic E-state index is 0.102. The average molecular weight is 718 g/mol. The van der Waals surface area contributed by atoms with E-state index in [0.717, 1.165) is 16.7 Å². The topological polar surface area (TPSA) is 154 Å². The molecule has 4 amide bonds. The van der Waals surface area contributed by atoms with Gasteiger partial charge in [-0.15, -0.1) is 6.58 Å². The van der Waals surface area contributed by atoms with Crippen molar-refractivity contribution >= 4 is 39.9 Å². The Kier molecular flexibility index (Phi) is 9.85. The summed E-state index contributed by atoms with van der Waals surface area (Å²) in [6.07, 6.45) is 4.75. The highest BCUT2D eigenvalue weighted by atomic mass is 32.2. The molecule has 50 heavy (non-hydrogen) atoms. The molecule has 272 valence electrons. The number of nitrogens with one attached hydrogen (secondary N) is 3. The van der Waals surface area contributed by atoms with Crippen LogP contribution in [0.3, 0.4) is 0 Å². The van der Waals surface area contributed by atoms with Crippen LogP contribution in [-0.2, 0) is 42.2 Å². The zero-order valence-electron chi connectivity index (χ0n) is 28.3. The minimum Gasteiger partial charge on any atom is -0.444 e. The molecule has 6 rings (SSSR count). The summed E-state index contributed by atoms with van der Waals surface area (Å²) in [6.45, 7) is 6.76. The number of alkyl halides is 2. The molecule has 5 aliphatic rings. The van der Waals surface area contributed by atoms with Crippen LogP contribution in [0.4, 0.5) is 13.6 Å². The summed E-state index contributed by atoms with van der Waals surface area (Å²) in [5.41, 5.74) is 1.16. The van der Waals surface area contributed by atoms with Crippen LogP contribution in [0.1, 0.15) is 75.5 Å². The molecule has 15 heteroatoms. The molecule has 0 radical (unpaired) electrons. The summed E-state index contributed by atoms with van der Waals surface area (Å²) in [5.74, 6) is -6.38. The highest BCUT2D eigenvalue weighted by Gasteiger charge is 2.62. The fourth-order valence-corrected chi connectivity index (χ4v) is 8.53. The lowest BCUT2D eigenvalue weighted by atomic mass is 10.0. The van der Waals surface area contributed by atoms with Crippen LogP contribution in [-0.4, -0.2) is 90.0 Å². The molecule has 1 unspecified atom stereocenters.